The number of carbonyl (C=O) groups is 1. The predicted octanol–water partition coefficient (Wildman–Crippen LogP) is 4.39. The number of thiophene rings is 2. The van der Waals surface area contributed by atoms with Gasteiger partial charge in [0.2, 0.25) is 5.82 Å². The lowest BCUT2D eigenvalue weighted by Crippen LogP contribution is -2.36. The molecular weight excluding hydrogens is 395 g/mol. The van der Waals surface area contributed by atoms with Gasteiger partial charge in [0.05, 0.1) is 10.6 Å². The topological polar surface area (TPSA) is 51.0 Å². The molecule has 3 aromatic heterocycles. The number of benzene rings is 1. The lowest BCUT2D eigenvalue weighted by molar-refractivity contribution is 0.0723. The van der Waals surface area contributed by atoms with Crippen LogP contribution in [0.15, 0.2) is 53.2 Å². The van der Waals surface area contributed by atoms with Gasteiger partial charge in [0.25, 0.3) is 5.91 Å². The average Bonchev–Trinajstić information content (AvgIpc) is 3.46. The number of amides is 1. The Morgan fingerprint density at radius 2 is 2.04 bits per heavy atom. The van der Waals surface area contributed by atoms with E-state index in [4.69, 9.17) is 0 Å². The van der Waals surface area contributed by atoms with Crippen LogP contribution >= 0.6 is 22.7 Å². The fraction of sp³-hybridized carbons (Fsp3) is 0.150. The average molecular weight is 410 g/mol. The number of hydrogen-bond donors (Lipinski definition) is 0. The van der Waals surface area contributed by atoms with Crippen molar-refractivity contribution in [2.45, 2.75) is 13.0 Å². The Morgan fingerprint density at radius 1 is 1.11 bits per heavy atom. The Bertz CT molecular complexity index is 1150. The van der Waals surface area contributed by atoms with Crippen molar-refractivity contribution in [2.75, 3.05) is 6.54 Å². The Labute approximate surface area is 168 Å². The summed E-state index contributed by atoms with van der Waals surface area (Å²) < 4.78 is 15.3. The first-order valence-electron chi connectivity index (χ1n) is 8.80. The van der Waals surface area contributed by atoms with Gasteiger partial charge < -0.3 is 4.90 Å². The molecule has 0 fully saturated rings. The van der Waals surface area contributed by atoms with E-state index in [0.717, 1.165) is 11.3 Å². The molecule has 0 radical (unpaired) electrons. The van der Waals surface area contributed by atoms with Crippen LogP contribution < -0.4 is 0 Å². The first kappa shape index (κ1) is 17.3. The zero-order valence-corrected chi connectivity index (χ0v) is 16.3. The lowest BCUT2D eigenvalue weighted by atomic mass is 10.1. The fourth-order valence-corrected chi connectivity index (χ4v) is 4.91. The van der Waals surface area contributed by atoms with E-state index in [-0.39, 0.29) is 17.5 Å². The largest absolute Gasteiger partial charge is 0.331 e. The SMILES string of the molecule is O=C(c1nc(-c2cccs2)n(-c2cccc(F)c2)n1)N1CCc2sccc2C1. The van der Waals surface area contributed by atoms with E-state index < -0.39 is 0 Å². The van der Waals surface area contributed by atoms with Gasteiger partial charge in [-0.25, -0.2) is 14.1 Å². The smallest absolute Gasteiger partial charge is 0.293 e. The minimum absolute atomic E-state index is 0.131. The van der Waals surface area contributed by atoms with Crippen molar-refractivity contribution in [3.63, 3.8) is 0 Å². The Morgan fingerprint density at radius 3 is 2.86 bits per heavy atom. The van der Waals surface area contributed by atoms with Crippen molar-refractivity contribution in [3.05, 3.63) is 75.3 Å². The third kappa shape index (κ3) is 3.04. The molecule has 1 aromatic carbocycles. The quantitative estimate of drug-likeness (QED) is 0.503. The first-order chi connectivity index (χ1) is 13.7. The molecule has 0 N–H and O–H groups in total. The van der Waals surface area contributed by atoms with E-state index in [2.05, 4.69) is 21.5 Å². The molecule has 5 nitrogen and oxygen atoms in total. The Balaban J connectivity index is 1.54. The maximum Gasteiger partial charge on any atom is 0.293 e. The van der Waals surface area contributed by atoms with Crippen LogP contribution in [0.5, 0.6) is 0 Å². The molecule has 4 heterocycles. The van der Waals surface area contributed by atoms with Crippen LogP contribution in [0.25, 0.3) is 16.4 Å². The van der Waals surface area contributed by atoms with Gasteiger partial charge >= 0.3 is 0 Å². The summed E-state index contributed by atoms with van der Waals surface area (Å²) in [5.74, 6) is 0.104. The zero-order chi connectivity index (χ0) is 19.1. The standard InChI is InChI=1S/C20H15FN4OS2/c21-14-3-1-4-15(11-14)25-19(17-5-2-9-27-17)22-18(23-25)20(26)24-8-6-16-13(12-24)7-10-28-16/h1-5,7,9-11H,6,8,12H2. The van der Waals surface area contributed by atoms with E-state index >= 15 is 0 Å². The number of fused-ring (bicyclic) bond motifs is 1. The van der Waals surface area contributed by atoms with Crippen molar-refractivity contribution in [3.8, 4) is 16.4 Å². The highest BCUT2D eigenvalue weighted by Crippen LogP contribution is 2.28. The molecule has 8 heteroatoms. The van der Waals surface area contributed by atoms with Gasteiger partial charge in [-0.2, -0.15) is 0 Å². The van der Waals surface area contributed by atoms with E-state index in [1.54, 1.807) is 33.1 Å². The highest BCUT2D eigenvalue weighted by molar-refractivity contribution is 7.13. The second-order valence-electron chi connectivity index (χ2n) is 6.47. The Hall–Kier alpha value is -2.84. The summed E-state index contributed by atoms with van der Waals surface area (Å²) >= 11 is 3.23. The van der Waals surface area contributed by atoms with E-state index in [1.165, 1.54) is 33.9 Å². The van der Waals surface area contributed by atoms with E-state index in [1.807, 2.05) is 17.5 Å². The lowest BCUT2D eigenvalue weighted by Gasteiger charge is -2.25. The Kier molecular flexibility index (Phi) is 4.29. The summed E-state index contributed by atoms with van der Waals surface area (Å²) in [5.41, 5.74) is 1.72. The highest BCUT2D eigenvalue weighted by atomic mass is 32.1. The fourth-order valence-electron chi connectivity index (χ4n) is 3.32. The summed E-state index contributed by atoms with van der Waals surface area (Å²) in [6.07, 6.45) is 0.848. The third-order valence-electron chi connectivity index (χ3n) is 4.69. The van der Waals surface area contributed by atoms with Crippen molar-refractivity contribution in [2.24, 2.45) is 0 Å². The molecule has 0 saturated heterocycles. The number of aromatic nitrogens is 3. The minimum Gasteiger partial charge on any atom is -0.331 e. The predicted molar refractivity (Wildman–Crippen MR) is 107 cm³/mol. The van der Waals surface area contributed by atoms with Crippen molar-refractivity contribution in [1.82, 2.24) is 19.7 Å². The molecule has 1 aliphatic rings. The van der Waals surface area contributed by atoms with Gasteiger partial charge in [0, 0.05) is 18.0 Å². The van der Waals surface area contributed by atoms with Gasteiger partial charge in [-0.3, -0.25) is 4.79 Å². The number of nitrogens with zero attached hydrogens (tertiary/aromatic N) is 4. The van der Waals surface area contributed by atoms with Crippen molar-refractivity contribution in [1.29, 1.82) is 0 Å². The number of halogens is 1. The van der Waals surface area contributed by atoms with Crippen LogP contribution in [0, 0.1) is 5.82 Å². The normalized spacial score (nSPS) is 13.5. The highest BCUT2D eigenvalue weighted by Gasteiger charge is 2.27. The van der Waals surface area contributed by atoms with Crippen LogP contribution in [0.4, 0.5) is 4.39 Å². The number of rotatable bonds is 3. The van der Waals surface area contributed by atoms with Crippen LogP contribution in [0.1, 0.15) is 21.1 Å². The molecule has 0 spiro atoms. The molecule has 0 aliphatic carbocycles. The summed E-state index contributed by atoms with van der Waals surface area (Å²) in [7, 11) is 0. The van der Waals surface area contributed by atoms with Gasteiger partial charge in [-0.15, -0.1) is 27.8 Å². The maximum atomic E-state index is 13.8. The monoisotopic (exact) mass is 410 g/mol. The van der Waals surface area contributed by atoms with Crippen LogP contribution in [0.3, 0.4) is 0 Å². The second-order valence-corrected chi connectivity index (χ2v) is 8.42. The van der Waals surface area contributed by atoms with Gasteiger partial charge in [0.15, 0.2) is 5.82 Å². The summed E-state index contributed by atoms with van der Waals surface area (Å²) in [5, 5.41) is 8.45. The van der Waals surface area contributed by atoms with E-state index in [9.17, 15) is 9.18 Å². The molecular formula is C20H15FN4OS2. The van der Waals surface area contributed by atoms with E-state index in [0.29, 0.717) is 24.6 Å². The van der Waals surface area contributed by atoms with Crippen LogP contribution in [-0.4, -0.2) is 32.1 Å². The summed E-state index contributed by atoms with van der Waals surface area (Å²) in [6.45, 7) is 1.22. The molecule has 140 valence electrons. The summed E-state index contributed by atoms with van der Waals surface area (Å²) in [6, 6.07) is 12.0. The molecule has 0 bridgehead atoms. The molecule has 28 heavy (non-hydrogen) atoms. The molecule has 1 amide bonds. The van der Waals surface area contributed by atoms with Crippen molar-refractivity contribution < 1.29 is 9.18 Å². The maximum absolute atomic E-state index is 13.8. The molecule has 0 atom stereocenters. The second kappa shape index (κ2) is 6.96. The zero-order valence-electron chi connectivity index (χ0n) is 14.7. The molecule has 4 aromatic rings. The van der Waals surface area contributed by atoms with Crippen molar-refractivity contribution >= 4 is 28.6 Å². The minimum atomic E-state index is -0.362. The molecule has 0 unspecified atom stereocenters. The van der Waals surface area contributed by atoms with Gasteiger partial charge in [0.1, 0.15) is 5.82 Å². The van der Waals surface area contributed by atoms with Crippen LogP contribution in [-0.2, 0) is 13.0 Å². The number of hydrogen-bond acceptors (Lipinski definition) is 5. The first-order valence-corrected chi connectivity index (χ1v) is 10.6. The molecule has 5 rings (SSSR count). The van der Waals surface area contributed by atoms with Gasteiger partial charge in [-0.05, 0) is 53.1 Å². The number of carbonyl (C=O) groups excluding carboxylic acids is 1. The third-order valence-corrected chi connectivity index (χ3v) is 6.58. The summed E-state index contributed by atoms with van der Waals surface area (Å²) in [4.78, 5) is 21.6. The molecule has 0 saturated carbocycles. The van der Waals surface area contributed by atoms with Crippen LogP contribution in [0.2, 0.25) is 0 Å². The van der Waals surface area contributed by atoms with Gasteiger partial charge in [-0.1, -0.05) is 12.1 Å². The molecule has 1 aliphatic heterocycles.